The topological polar surface area (TPSA) is 35.2 Å². The van der Waals surface area contributed by atoms with Crippen LogP contribution in [0, 0.1) is 13.8 Å². The van der Waals surface area contributed by atoms with Crippen LogP contribution in [0.2, 0.25) is 0 Å². The molecule has 0 unspecified atom stereocenters. The van der Waals surface area contributed by atoms with Crippen LogP contribution in [-0.4, -0.2) is 12.1 Å². The second-order valence-corrected chi connectivity index (χ2v) is 4.72. The molecule has 15 heavy (non-hydrogen) atoms. The van der Waals surface area contributed by atoms with Gasteiger partial charge in [0.15, 0.2) is 0 Å². The molecule has 0 bridgehead atoms. The number of nitrogens with two attached hydrogens (primary N) is 1. The highest BCUT2D eigenvalue weighted by molar-refractivity contribution is 5.33. The molecule has 2 N–H and O–H groups in total. The minimum atomic E-state index is -0.186. The van der Waals surface area contributed by atoms with E-state index in [-0.39, 0.29) is 5.60 Å². The van der Waals surface area contributed by atoms with Crippen molar-refractivity contribution in [1.82, 2.24) is 0 Å². The van der Waals surface area contributed by atoms with Gasteiger partial charge in [0.1, 0.15) is 11.4 Å². The molecule has 0 radical (unpaired) electrons. The van der Waals surface area contributed by atoms with Crippen molar-refractivity contribution in [1.29, 1.82) is 0 Å². The third kappa shape index (κ3) is 3.92. The van der Waals surface area contributed by atoms with E-state index >= 15 is 0 Å². The van der Waals surface area contributed by atoms with E-state index in [9.17, 15) is 0 Å². The minimum absolute atomic E-state index is 0.186. The van der Waals surface area contributed by atoms with Gasteiger partial charge in [0.05, 0.1) is 0 Å². The average Bonchev–Trinajstić information content (AvgIpc) is 1.99. The van der Waals surface area contributed by atoms with Crippen molar-refractivity contribution in [2.24, 2.45) is 5.73 Å². The predicted molar refractivity (Wildman–Crippen MR) is 64.3 cm³/mol. The summed E-state index contributed by atoms with van der Waals surface area (Å²) in [6.45, 7) is 8.94. The third-order valence-corrected chi connectivity index (χ3v) is 2.34. The van der Waals surface area contributed by atoms with Crippen molar-refractivity contribution in [2.75, 3.05) is 6.54 Å². The van der Waals surface area contributed by atoms with Crippen molar-refractivity contribution in [3.8, 4) is 5.75 Å². The van der Waals surface area contributed by atoms with Gasteiger partial charge in [-0.15, -0.1) is 0 Å². The third-order valence-electron chi connectivity index (χ3n) is 2.34. The highest BCUT2D eigenvalue weighted by Crippen LogP contribution is 2.23. The van der Waals surface area contributed by atoms with Crippen molar-refractivity contribution in [2.45, 2.75) is 39.7 Å². The van der Waals surface area contributed by atoms with Gasteiger partial charge in [0.25, 0.3) is 0 Å². The Morgan fingerprint density at radius 3 is 2.13 bits per heavy atom. The average molecular weight is 207 g/mol. The van der Waals surface area contributed by atoms with Gasteiger partial charge in [-0.2, -0.15) is 0 Å². The molecule has 0 aliphatic rings. The Bertz CT molecular complexity index is 311. The van der Waals surface area contributed by atoms with Gasteiger partial charge in [-0.1, -0.05) is 6.07 Å². The maximum Gasteiger partial charge on any atom is 0.120 e. The number of rotatable bonds is 4. The molecule has 0 atom stereocenters. The molecular formula is C13H21NO. The lowest BCUT2D eigenvalue weighted by atomic mass is 10.1. The minimum Gasteiger partial charge on any atom is -0.488 e. The molecule has 0 saturated carbocycles. The lowest BCUT2D eigenvalue weighted by molar-refractivity contribution is 0.102. The molecule has 0 saturated heterocycles. The first-order chi connectivity index (χ1) is 6.93. The Kier molecular flexibility index (Phi) is 3.75. The van der Waals surface area contributed by atoms with Crippen molar-refractivity contribution < 1.29 is 4.74 Å². The summed E-state index contributed by atoms with van der Waals surface area (Å²) in [6, 6.07) is 6.26. The van der Waals surface area contributed by atoms with Gasteiger partial charge >= 0.3 is 0 Å². The lowest BCUT2D eigenvalue weighted by Gasteiger charge is -2.26. The summed E-state index contributed by atoms with van der Waals surface area (Å²) in [6.07, 6.45) is 0.861. The quantitative estimate of drug-likeness (QED) is 0.824. The molecule has 84 valence electrons. The van der Waals surface area contributed by atoms with Crippen molar-refractivity contribution in [3.63, 3.8) is 0 Å². The Morgan fingerprint density at radius 1 is 1.13 bits per heavy atom. The summed E-state index contributed by atoms with van der Waals surface area (Å²) in [7, 11) is 0. The Labute approximate surface area is 92.4 Å². The maximum absolute atomic E-state index is 5.92. The van der Waals surface area contributed by atoms with Crippen LogP contribution in [0.3, 0.4) is 0 Å². The molecule has 1 rings (SSSR count). The van der Waals surface area contributed by atoms with Crippen LogP contribution in [0.1, 0.15) is 31.4 Å². The summed E-state index contributed by atoms with van der Waals surface area (Å²) in [5, 5.41) is 0. The molecule has 0 aliphatic carbocycles. The molecule has 2 nitrogen and oxygen atoms in total. The van der Waals surface area contributed by atoms with Crippen LogP contribution in [0.4, 0.5) is 0 Å². The zero-order valence-corrected chi connectivity index (χ0v) is 10.1. The van der Waals surface area contributed by atoms with Gasteiger partial charge in [0.2, 0.25) is 0 Å². The standard InChI is InChI=1S/C13H21NO/c1-10-7-11(2)9-12(8-10)15-13(3,4)5-6-14/h7-9H,5-6,14H2,1-4H3. The number of aryl methyl sites for hydroxylation is 2. The molecule has 1 aromatic carbocycles. The predicted octanol–water partition coefficient (Wildman–Crippen LogP) is 2.81. The van der Waals surface area contributed by atoms with E-state index in [2.05, 4.69) is 45.9 Å². The molecule has 0 amide bonds. The lowest BCUT2D eigenvalue weighted by Crippen LogP contribution is -2.31. The van der Waals surface area contributed by atoms with E-state index in [0.717, 1.165) is 12.2 Å². The molecule has 0 spiro atoms. The van der Waals surface area contributed by atoms with E-state index < -0.39 is 0 Å². The number of hydrogen-bond donors (Lipinski definition) is 1. The van der Waals surface area contributed by atoms with Gasteiger partial charge < -0.3 is 10.5 Å². The highest BCUT2D eigenvalue weighted by atomic mass is 16.5. The molecule has 0 aliphatic heterocycles. The van der Waals surface area contributed by atoms with Crippen LogP contribution < -0.4 is 10.5 Å². The summed E-state index contributed by atoms with van der Waals surface area (Å²) in [4.78, 5) is 0. The molecular weight excluding hydrogens is 186 g/mol. The number of benzene rings is 1. The number of hydrogen-bond acceptors (Lipinski definition) is 2. The Balaban J connectivity index is 2.80. The second-order valence-electron chi connectivity index (χ2n) is 4.72. The van der Waals surface area contributed by atoms with Crippen molar-refractivity contribution in [3.05, 3.63) is 29.3 Å². The van der Waals surface area contributed by atoms with Crippen LogP contribution in [-0.2, 0) is 0 Å². The summed E-state index contributed by atoms with van der Waals surface area (Å²) >= 11 is 0. The van der Waals surface area contributed by atoms with E-state index in [1.165, 1.54) is 11.1 Å². The first-order valence-corrected chi connectivity index (χ1v) is 5.40. The molecule has 1 aromatic rings. The van der Waals surface area contributed by atoms with Crippen molar-refractivity contribution >= 4 is 0 Å². The smallest absolute Gasteiger partial charge is 0.120 e. The van der Waals surface area contributed by atoms with E-state index in [1.807, 2.05) is 0 Å². The summed E-state index contributed by atoms with van der Waals surface area (Å²) in [5.74, 6) is 0.936. The monoisotopic (exact) mass is 207 g/mol. The highest BCUT2D eigenvalue weighted by Gasteiger charge is 2.18. The maximum atomic E-state index is 5.92. The first-order valence-electron chi connectivity index (χ1n) is 5.40. The Hall–Kier alpha value is -1.02. The van der Waals surface area contributed by atoms with Gasteiger partial charge in [-0.25, -0.2) is 0 Å². The zero-order chi connectivity index (χ0) is 11.5. The summed E-state index contributed by atoms with van der Waals surface area (Å²) < 4.78 is 5.92. The fraction of sp³-hybridized carbons (Fsp3) is 0.538. The first kappa shape index (κ1) is 12.1. The van der Waals surface area contributed by atoms with Crippen LogP contribution >= 0.6 is 0 Å². The van der Waals surface area contributed by atoms with Crippen LogP contribution in [0.15, 0.2) is 18.2 Å². The molecule has 0 aromatic heterocycles. The fourth-order valence-corrected chi connectivity index (χ4v) is 1.71. The van der Waals surface area contributed by atoms with Gasteiger partial charge in [-0.05, 0) is 63.9 Å². The van der Waals surface area contributed by atoms with E-state index in [4.69, 9.17) is 10.5 Å². The SMILES string of the molecule is Cc1cc(C)cc(OC(C)(C)CCN)c1. The van der Waals surface area contributed by atoms with Gasteiger partial charge in [0, 0.05) is 0 Å². The molecule has 0 fully saturated rings. The zero-order valence-electron chi connectivity index (χ0n) is 10.1. The van der Waals surface area contributed by atoms with Crippen LogP contribution in [0.5, 0.6) is 5.75 Å². The second kappa shape index (κ2) is 4.67. The van der Waals surface area contributed by atoms with Crippen LogP contribution in [0.25, 0.3) is 0 Å². The fourth-order valence-electron chi connectivity index (χ4n) is 1.71. The van der Waals surface area contributed by atoms with E-state index in [0.29, 0.717) is 6.54 Å². The molecule has 0 heterocycles. The molecule has 2 heteroatoms. The van der Waals surface area contributed by atoms with Gasteiger partial charge in [-0.3, -0.25) is 0 Å². The van der Waals surface area contributed by atoms with E-state index in [1.54, 1.807) is 0 Å². The largest absolute Gasteiger partial charge is 0.488 e. The normalized spacial score (nSPS) is 11.5. The number of ether oxygens (including phenoxy) is 1. The summed E-state index contributed by atoms with van der Waals surface area (Å²) in [5.41, 5.74) is 7.82. The Morgan fingerprint density at radius 2 is 1.67 bits per heavy atom.